The monoisotopic (exact) mass is 339 g/mol. The number of hydrogen-bond donors (Lipinski definition) is 3. The molecule has 0 spiro atoms. The van der Waals surface area contributed by atoms with Crippen LogP contribution >= 0.6 is 11.3 Å². The number of nitrogens with one attached hydrogen (secondary N) is 3. The van der Waals surface area contributed by atoms with Crippen molar-refractivity contribution in [3.05, 3.63) is 45.6 Å². The van der Waals surface area contributed by atoms with Crippen molar-refractivity contribution in [3.8, 4) is 0 Å². The average molecular weight is 339 g/mol. The Kier molecular flexibility index (Phi) is 2.90. The van der Waals surface area contributed by atoms with Gasteiger partial charge in [0.05, 0.1) is 15.8 Å². The van der Waals surface area contributed by atoms with Crippen LogP contribution in [0.25, 0.3) is 21.0 Å². The third-order valence-electron chi connectivity index (χ3n) is 5.53. The minimum absolute atomic E-state index is 0.0620. The number of hydrogen-bond acceptors (Lipinski definition) is 4. The SMILES string of the molecule is O=C(N[C@]12CC[C@H]1CNC2)c1cc2c(=O)[nH]c3ccccc3c2s1. The second-order valence-electron chi connectivity index (χ2n) is 6.83. The van der Waals surface area contributed by atoms with Crippen LogP contribution in [0.5, 0.6) is 0 Å². The van der Waals surface area contributed by atoms with Crippen molar-refractivity contribution < 1.29 is 4.79 Å². The van der Waals surface area contributed by atoms with Crippen LogP contribution in [0.1, 0.15) is 22.5 Å². The number of carbonyl (C=O) groups is 1. The minimum Gasteiger partial charge on any atom is -0.344 e. The zero-order valence-corrected chi connectivity index (χ0v) is 13.8. The number of aromatic nitrogens is 1. The number of carbonyl (C=O) groups excluding carboxylic acids is 1. The summed E-state index contributed by atoms with van der Waals surface area (Å²) in [5.74, 6) is 0.480. The maximum atomic E-state index is 12.8. The lowest BCUT2D eigenvalue weighted by molar-refractivity contribution is 0.0769. The van der Waals surface area contributed by atoms with E-state index >= 15 is 0 Å². The number of fused-ring (bicyclic) bond motifs is 4. The molecule has 1 saturated carbocycles. The van der Waals surface area contributed by atoms with Gasteiger partial charge in [0.1, 0.15) is 0 Å². The zero-order chi connectivity index (χ0) is 16.3. The van der Waals surface area contributed by atoms with E-state index in [2.05, 4.69) is 15.6 Å². The van der Waals surface area contributed by atoms with Gasteiger partial charge in [0.2, 0.25) is 0 Å². The number of H-pyrrole nitrogens is 1. The molecule has 2 atom stereocenters. The van der Waals surface area contributed by atoms with Gasteiger partial charge in [-0.1, -0.05) is 18.2 Å². The maximum absolute atomic E-state index is 12.8. The maximum Gasteiger partial charge on any atom is 0.261 e. The summed E-state index contributed by atoms with van der Waals surface area (Å²) < 4.78 is 0.881. The predicted octanol–water partition coefficient (Wildman–Crippen LogP) is 2.22. The Labute approximate surface area is 142 Å². The molecular weight excluding hydrogens is 322 g/mol. The van der Waals surface area contributed by atoms with Crippen LogP contribution in [-0.4, -0.2) is 29.5 Å². The van der Waals surface area contributed by atoms with Gasteiger partial charge in [0.15, 0.2) is 0 Å². The largest absolute Gasteiger partial charge is 0.344 e. The van der Waals surface area contributed by atoms with Crippen molar-refractivity contribution in [1.29, 1.82) is 0 Å². The van der Waals surface area contributed by atoms with Gasteiger partial charge in [0.25, 0.3) is 11.5 Å². The third kappa shape index (κ3) is 1.90. The molecule has 3 aromatic rings. The van der Waals surface area contributed by atoms with Crippen LogP contribution in [0.2, 0.25) is 0 Å². The highest BCUT2D eigenvalue weighted by Crippen LogP contribution is 2.41. The van der Waals surface area contributed by atoms with Crippen molar-refractivity contribution in [3.63, 3.8) is 0 Å². The van der Waals surface area contributed by atoms with Gasteiger partial charge in [-0.2, -0.15) is 0 Å². The number of rotatable bonds is 2. The first-order chi connectivity index (χ1) is 11.7. The van der Waals surface area contributed by atoms with Crippen LogP contribution in [0.3, 0.4) is 0 Å². The Morgan fingerprint density at radius 2 is 2.17 bits per heavy atom. The molecule has 0 unspecified atom stereocenters. The number of amides is 1. The summed E-state index contributed by atoms with van der Waals surface area (Å²) in [7, 11) is 0. The molecule has 122 valence electrons. The fourth-order valence-corrected chi connectivity index (χ4v) is 5.13. The molecule has 1 aliphatic carbocycles. The lowest BCUT2D eigenvalue weighted by Gasteiger charge is -2.44. The first-order valence-electron chi connectivity index (χ1n) is 8.24. The van der Waals surface area contributed by atoms with Crippen molar-refractivity contribution in [1.82, 2.24) is 15.6 Å². The smallest absolute Gasteiger partial charge is 0.261 e. The highest BCUT2D eigenvalue weighted by atomic mass is 32.1. The molecule has 1 saturated heterocycles. The number of thiophene rings is 1. The van der Waals surface area contributed by atoms with E-state index in [0.717, 1.165) is 35.1 Å². The highest BCUT2D eigenvalue weighted by molar-refractivity contribution is 7.21. The first kappa shape index (κ1) is 14.2. The van der Waals surface area contributed by atoms with E-state index in [9.17, 15) is 9.59 Å². The van der Waals surface area contributed by atoms with Crippen LogP contribution in [-0.2, 0) is 0 Å². The Bertz CT molecular complexity index is 1040. The summed E-state index contributed by atoms with van der Waals surface area (Å²) >= 11 is 1.40. The first-order valence-corrected chi connectivity index (χ1v) is 9.06. The second kappa shape index (κ2) is 4.91. The molecule has 1 aliphatic heterocycles. The fraction of sp³-hybridized carbons (Fsp3) is 0.333. The summed E-state index contributed by atoms with van der Waals surface area (Å²) in [5.41, 5.74) is 0.588. The molecular formula is C18H17N3O2S. The van der Waals surface area contributed by atoms with E-state index in [1.54, 1.807) is 6.07 Å². The topological polar surface area (TPSA) is 74.0 Å². The number of pyridine rings is 1. The quantitative estimate of drug-likeness (QED) is 0.670. The molecule has 5 rings (SSSR count). The molecule has 5 nitrogen and oxygen atoms in total. The molecule has 1 aromatic carbocycles. The zero-order valence-electron chi connectivity index (χ0n) is 13.0. The van der Waals surface area contributed by atoms with Crippen molar-refractivity contribution in [2.24, 2.45) is 5.92 Å². The van der Waals surface area contributed by atoms with Crippen LogP contribution in [0.4, 0.5) is 0 Å². The van der Waals surface area contributed by atoms with Crippen molar-refractivity contribution in [2.45, 2.75) is 18.4 Å². The molecule has 2 aliphatic rings. The van der Waals surface area contributed by atoms with Gasteiger partial charge < -0.3 is 15.6 Å². The summed E-state index contributed by atoms with van der Waals surface area (Å²) in [6.07, 6.45) is 2.20. The van der Waals surface area contributed by atoms with Crippen molar-refractivity contribution in [2.75, 3.05) is 13.1 Å². The van der Waals surface area contributed by atoms with E-state index in [1.807, 2.05) is 24.3 Å². The highest BCUT2D eigenvalue weighted by Gasteiger charge is 2.50. The average Bonchev–Trinajstić information content (AvgIpc) is 3.13. The normalized spacial score (nSPS) is 25.6. The van der Waals surface area contributed by atoms with Crippen LogP contribution < -0.4 is 16.2 Å². The molecule has 3 N–H and O–H groups in total. The molecule has 0 radical (unpaired) electrons. The minimum atomic E-state index is -0.138. The van der Waals surface area contributed by atoms with Crippen molar-refractivity contribution >= 4 is 38.2 Å². The van der Waals surface area contributed by atoms with Gasteiger partial charge in [-0.05, 0) is 30.9 Å². The van der Waals surface area contributed by atoms with E-state index < -0.39 is 0 Å². The molecule has 1 amide bonds. The van der Waals surface area contributed by atoms with Gasteiger partial charge in [-0.3, -0.25) is 9.59 Å². The number of benzene rings is 1. The lowest BCUT2D eigenvalue weighted by Crippen LogP contribution is -2.59. The van der Waals surface area contributed by atoms with E-state index in [-0.39, 0.29) is 17.0 Å². The number of aromatic amines is 1. The molecule has 24 heavy (non-hydrogen) atoms. The fourth-order valence-electron chi connectivity index (χ4n) is 4.04. The lowest BCUT2D eigenvalue weighted by atomic mass is 9.69. The standard InChI is InChI=1S/C18H17N3O2S/c22-16-12-7-14(17(23)21-18-6-5-10(18)8-19-9-18)24-15(12)11-3-1-2-4-13(11)20-16/h1-4,7,10,19H,5-6,8-9H2,(H,20,22)(H,21,23)/t10-,18-/m0/s1. The Balaban J connectivity index is 1.58. The molecule has 0 bridgehead atoms. The second-order valence-corrected chi connectivity index (χ2v) is 7.88. The Morgan fingerprint density at radius 3 is 2.96 bits per heavy atom. The van der Waals surface area contributed by atoms with Gasteiger partial charge >= 0.3 is 0 Å². The van der Waals surface area contributed by atoms with Gasteiger partial charge in [-0.25, -0.2) is 0 Å². The molecule has 6 heteroatoms. The Hall–Kier alpha value is -2.18. The van der Waals surface area contributed by atoms with E-state index in [1.165, 1.54) is 17.8 Å². The van der Waals surface area contributed by atoms with E-state index in [0.29, 0.717) is 16.2 Å². The van der Waals surface area contributed by atoms with Gasteiger partial charge in [-0.15, -0.1) is 11.3 Å². The molecule has 3 heterocycles. The summed E-state index contributed by atoms with van der Waals surface area (Å²) in [4.78, 5) is 28.6. The summed E-state index contributed by atoms with van der Waals surface area (Å²) in [6, 6.07) is 9.44. The van der Waals surface area contributed by atoms with Crippen LogP contribution in [0, 0.1) is 5.92 Å². The molecule has 2 fully saturated rings. The van der Waals surface area contributed by atoms with E-state index in [4.69, 9.17) is 0 Å². The third-order valence-corrected chi connectivity index (χ3v) is 6.70. The van der Waals surface area contributed by atoms with Crippen LogP contribution in [0.15, 0.2) is 35.1 Å². The predicted molar refractivity (Wildman–Crippen MR) is 95.7 cm³/mol. The Morgan fingerprint density at radius 1 is 1.29 bits per heavy atom. The summed E-state index contributed by atoms with van der Waals surface area (Å²) in [5, 5.41) is 8.19. The summed E-state index contributed by atoms with van der Waals surface area (Å²) in [6.45, 7) is 1.83. The molecule has 2 aromatic heterocycles. The van der Waals surface area contributed by atoms with Gasteiger partial charge in [0, 0.05) is 28.7 Å². The number of para-hydroxylation sites is 1.